The molecule has 0 saturated heterocycles. The SMILES string of the molecule is Fc1ccccc1CNC1CCOc2c(F)cccc21. The number of fused-ring (bicyclic) bond motifs is 1. The molecule has 4 heteroatoms. The van der Waals surface area contributed by atoms with Gasteiger partial charge in [-0.25, -0.2) is 8.78 Å². The molecule has 0 bridgehead atoms. The summed E-state index contributed by atoms with van der Waals surface area (Å²) >= 11 is 0. The van der Waals surface area contributed by atoms with E-state index in [2.05, 4.69) is 5.32 Å². The number of rotatable bonds is 3. The van der Waals surface area contributed by atoms with E-state index in [1.54, 1.807) is 24.3 Å². The van der Waals surface area contributed by atoms with Gasteiger partial charge in [0.2, 0.25) is 0 Å². The minimum Gasteiger partial charge on any atom is -0.490 e. The monoisotopic (exact) mass is 275 g/mol. The molecule has 0 aromatic heterocycles. The van der Waals surface area contributed by atoms with Crippen molar-refractivity contribution in [3.05, 3.63) is 65.2 Å². The highest BCUT2D eigenvalue weighted by Crippen LogP contribution is 2.34. The maximum atomic E-state index is 13.7. The van der Waals surface area contributed by atoms with Crippen molar-refractivity contribution in [2.45, 2.75) is 19.0 Å². The molecule has 2 nitrogen and oxygen atoms in total. The van der Waals surface area contributed by atoms with Crippen molar-refractivity contribution in [1.82, 2.24) is 5.32 Å². The quantitative estimate of drug-likeness (QED) is 0.924. The van der Waals surface area contributed by atoms with Gasteiger partial charge in [0.25, 0.3) is 0 Å². The summed E-state index contributed by atoms with van der Waals surface area (Å²) in [5, 5.41) is 3.28. The van der Waals surface area contributed by atoms with Crippen LogP contribution in [0.15, 0.2) is 42.5 Å². The van der Waals surface area contributed by atoms with E-state index in [1.807, 2.05) is 6.07 Å². The molecule has 20 heavy (non-hydrogen) atoms. The van der Waals surface area contributed by atoms with Crippen molar-refractivity contribution in [1.29, 1.82) is 0 Å². The summed E-state index contributed by atoms with van der Waals surface area (Å²) in [4.78, 5) is 0. The lowest BCUT2D eigenvalue weighted by Gasteiger charge is -2.27. The first-order chi connectivity index (χ1) is 9.75. The number of nitrogens with one attached hydrogen (secondary N) is 1. The second-order valence-electron chi connectivity index (χ2n) is 4.82. The Hall–Kier alpha value is -1.94. The van der Waals surface area contributed by atoms with E-state index in [9.17, 15) is 8.78 Å². The van der Waals surface area contributed by atoms with E-state index in [1.165, 1.54) is 12.1 Å². The molecule has 0 aliphatic carbocycles. The fourth-order valence-corrected chi connectivity index (χ4v) is 2.47. The van der Waals surface area contributed by atoms with Gasteiger partial charge in [-0.2, -0.15) is 0 Å². The Kier molecular flexibility index (Phi) is 3.65. The Morgan fingerprint density at radius 1 is 1.05 bits per heavy atom. The third-order valence-electron chi connectivity index (χ3n) is 3.52. The van der Waals surface area contributed by atoms with Crippen LogP contribution in [0.2, 0.25) is 0 Å². The number of ether oxygens (including phenoxy) is 1. The van der Waals surface area contributed by atoms with Crippen LogP contribution in [-0.4, -0.2) is 6.61 Å². The van der Waals surface area contributed by atoms with Crippen LogP contribution in [0.4, 0.5) is 8.78 Å². The topological polar surface area (TPSA) is 21.3 Å². The molecule has 2 aromatic carbocycles. The lowest BCUT2D eigenvalue weighted by atomic mass is 10.00. The molecule has 1 atom stereocenters. The fraction of sp³-hybridized carbons (Fsp3) is 0.250. The summed E-state index contributed by atoms with van der Waals surface area (Å²) in [5.74, 6) is -0.267. The van der Waals surface area contributed by atoms with Gasteiger partial charge in [0.15, 0.2) is 11.6 Å². The predicted octanol–water partition coefficient (Wildman–Crippen LogP) is 3.58. The summed E-state index contributed by atoms with van der Waals surface area (Å²) in [6.45, 7) is 0.871. The molecule has 1 N–H and O–H groups in total. The third kappa shape index (κ3) is 2.51. The van der Waals surface area contributed by atoms with Crippen molar-refractivity contribution in [3.63, 3.8) is 0 Å². The minimum absolute atomic E-state index is 0.0194. The number of para-hydroxylation sites is 1. The summed E-state index contributed by atoms with van der Waals surface area (Å²) in [7, 11) is 0. The highest BCUT2D eigenvalue weighted by Gasteiger charge is 2.23. The lowest BCUT2D eigenvalue weighted by molar-refractivity contribution is 0.240. The van der Waals surface area contributed by atoms with Gasteiger partial charge in [-0.15, -0.1) is 0 Å². The molecule has 1 heterocycles. The van der Waals surface area contributed by atoms with Crippen LogP contribution in [-0.2, 0) is 6.54 Å². The van der Waals surface area contributed by atoms with Crippen LogP contribution in [0, 0.1) is 11.6 Å². The molecule has 1 aliphatic heterocycles. The number of benzene rings is 2. The van der Waals surface area contributed by atoms with Gasteiger partial charge in [0, 0.05) is 30.1 Å². The first kappa shape index (κ1) is 13.1. The number of hydrogen-bond acceptors (Lipinski definition) is 2. The Bertz CT molecular complexity index is 615. The molecule has 3 rings (SSSR count). The molecule has 104 valence electrons. The van der Waals surface area contributed by atoms with Gasteiger partial charge in [0.05, 0.1) is 6.61 Å². The first-order valence-electron chi connectivity index (χ1n) is 6.63. The molecule has 1 unspecified atom stereocenters. The Morgan fingerprint density at radius 2 is 1.85 bits per heavy atom. The minimum atomic E-state index is -0.347. The van der Waals surface area contributed by atoms with E-state index in [-0.39, 0.29) is 17.7 Å². The molecular formula is C16H15F2NO. The van der Waals surface area contributed by atoms with E-state index < -0.39 is 0 Å². The largest absolute Gasteiger partial charge is 0.490 e. The van der Waals surface area contributed by atoms with Crippen LogP contribution in [0.1, 0.15) is 23.6 Å². The van der Waals surface area contributed by atoms with Crippen LogP contribution in [0.3, 0.4) is 0 Å². The number of halogens is 2. The zero-order chi connectivity index (χ0) is 13.9. The second kappa shape index (κ2) is 5.59. The maximum Gasteiger partial charge on any atom is 0.165 e. The van der Waals surface area contributed by atoms with Gasteiger partial charge < -0.3 is 10.1 Å². The van der Waals surface area contributed by atoms with E-state index in [0.29, 0.717) is 24.5 Å². The molecule has 1 aliphatic rings. The summed E-state index contributed by atoms with van der Waals surface area (Å²) in [6.07, 6.45) is 0.741. The summed E-state index contributed by atoms with van der Waals surface area (Å²) in [5.41, 5.74) is 1.41. The third-order valence-corrected chi connectivity index (χ3v) is 3.52. The lowest BCUT2D eigenvalue weighted by Crippen LogP contribution is -2.27. The van der Waals surface area contributed by atoms with Crippen molar-refractivity contribution in [3.8, 4) is 5.75 Å². The van der Waals surface area contributed by atoms with Gasteiger partial charge in [-0.05, 0) is 12.1 Å². The average Bonchev–Trinajstić information content (AvgIpc) is 2.47. The zero-order valence-corrected chi connectivity index (χ0v) is 10.9. The van der Waals surface area contributed by atoms with E-state index in [4.69, 9.17) is 4.74 Å². The molecule has 0 saturated carbocycles. The second-order valence-corrected chi connectivity index (χ2v) is 4.82. The molecule has 0 amide bonds. The first-order valence-corrected chi connectivity index (χ1v) is 6.63. The molecule has 2 aromatic rings. The van der Waals surface area contributed by atoms with Crippen molar-refractivity contribution in [2.24, 2.45) is 0 Å². The van der Waals surface area contributed by atoms with Crippen LogP contribution >= 0.6 is 0 Å². The maximum absolute atomic E-state index is 13.7. The molecule has 0 spiro atoms. The average molecular weight is 275 g/mol. The highest BCUT2D eigenvalue weighted by molar-refractivity contribution is 5.38. The Morgan fingerprint density at radius 3 is 2.70 bits per heavy atom. The molecule has 0 radical (unpaired) electrons. The van der Waals surface area contributed by atoms with Crippen LogP contribution < -0.4 is 10.1 Å². The highest BCUT2D eigenvalue weighted by atomic mass is 19.1. The Labute approximate surface area is 116 Å². The zero-order valence-electron chi connectivity index (χ0n) is 10.9. The summed E-state index contributed by atoms with van der Waals surface area (Å²) < 4.78 is 32.6. The number of hydrogen-bond donors (Lipinski definition) is 1. The van der Waals surface area contributed by atoms with Crippen LogP contribution in [0.25, 0.3) is 0 Å². The van der Waals surface area contributed by atoms with Gasteiger partial charge in [0.1, 0.15) is 5.82 Å². The fourth-order valence-electron chi connectivity index (χ4n) is 2.47. The smallest absolute Gasteiger partial charge is 0.165 e. The standard InChI is InChI=1S/C16H15F2NO/c17-13-6-2-1-4-11(13)10-19-15-8-9-20-16-12(15)5-3-7-14(16)18/h1-7,15,19H,8-10H2. The van der Waals surface area contributed by atoms with Crippen LogP contribution in [0.5, 0.6) is 5.75 Å². The molecular weight excluding hydrogens is 260 g/mol. The Balaban J connectivity index is 1.77. The van der Waals surface area contributed by atoms with E-state index in [0.717, 1.165) is 12.0 Å². The normalized spacial score (nSPS) is 17.4. The van der Waals surface area contributed by atoms with E-state index >= 15 is 0 Å². The van der Waals surface area contributed by atoms with Crippen molar-refractivity contribution >= 4 is 0 Å². The van der Waals surface area contributed by atoms with Crippen molar-refractivity contribution in [2.75, 3.05) is 6.61 Å². The summed E-state index contributed by atoms with van der Waals surface area (Å²) in [6, 6.07) is 11.5. The predicted molar refractivity (Wildman–Crippen MR) is 72.5 cm³/mol. The van der Waals surface area contributed by atoms with Gasteiger partial charge >= 0.3 is 0 Å². The van der Waals surface area contributed by atoms with Gasteiger partial charge in [-0.3, -0.25) is 0 Å². The molecule has 0 fully saturated rings. The van der Waals surface area contributed by atoms with Gasteiger partial charge in [-0.1, -0.05) is 30.3 Å². The van der Waals surface area contributed by atoms with Crippen molar-refractivity contribution < 1.29 is 13.5 Å².